The molecular formula is C6H12F3N3. The fourth-order valence-electron chi connectivity index (χ4n) is 1.22. The number of alkyl halides is 3. The van der Waals surface area contributed by atoms with E-state index < -0.39 is 12.2 Å². The maximum atomic E-state index is 12.2. The molecule has 0 aliphatic carbocycles. The van der Waals surface area contributed by atoms with Crippen molar-refractivity contribution < 1.29 is 13.2 Å². The number of nitrogens with zero attached hydrogens (tertiary/aromatic N) is 2. The lowest BCUT2D eigenvalue weighted by Crippen LogP contribution is -2.60. The summed E-state index contributed by atoms with van der Waals surface area (Å²) in [7, 11) is 1.66. The molecule has 0 radical (unpaired) electrons. The molecule has 1 unspecified atom stereocenters. The third-order valence-corrected chi connectivity index (χ3v) is 2.00. The molecule has 1 heterocycles. The Morgan fingerprint density at radius 3 is 2.33 bits per heavy atom. The lowest BCUT2D eigenvalue weighted by atomic mass is 10.2. The van der Waals surface area contributed by atoms with E-state index in [9.17, 15) is 13.2 Å². The van der Waals surface area contributed by atoms with E-state index >= 15 is 0 Å². The van der Waals surface area contributed by atoms with Crippen LogP contribution in [-0.2, 0) is 0 Å². The van der Waals surface area contributed by atoms with Gasteiger partial charge >= 0.3 is 6.18 Å². The quantitative estimate of drug-likeness (QED) is 0.538. The molecule has 1 atom stereocenters. The van der Waals surface area contributed by atoms with Gasteiger partial charge in [-0.1, -0.05) is 0 Å². The normalized spacial score (nSPS) is 29.2. The van der Waals surface area contributed by atoms with Gasteiger partial charge in [-0.15, -0.1) is 0 Å². The zero-order valence-electron chi connectivity index (χ0n) is 6.80. The first-order valence-electron chi connectivity index (χ1n) is 3.68. The van der Waals surface area contributed by atoms with Crippen LogP contribution in [0.15, 0.2) is 0 Å². The largest absolute Gasteiger partial charge is 0.406 e. The summed E-state index contributed by atoms with van der Waals surface area (Å²) in [4.78, 5) is 1.63. The smallest absolute Gasteiger partial charge is 0.303 e. The fraction of sp³-hybridized carbons (Fsp3) is 1.00. The minimum absolute atomic E-state index is 0.0417. The molecule has 0 saturated carbocycles. The average molecular weight is 183 g/mol. The molecule has 1 rings (SSSR count). The van der Waals surface area contributed by atoms with Gasteiger partial charge in [0.15, 0.2) is 0 Å². The van der Waals surface area contributed by atoms with Crippen LogP contribution in [0, 0.1) is 0 Å². The second kappa shape index (κ2) is 3.20. The van der Waals surface area contributed by atoms with Gasteiger partial charge < -0.3 is 4.90 Å². The molecule has 0 aromatic rings. The zero-order valence-corrected chi connectivity index (χ0v) is 6.80. The molecule has 0 spiro atoms. The molecule has 0 amide bonds. The Balaban J connectivity index is 2.61. The highest BCUT2D eigenvalue weighted by Crippen LogP contribution is 2.25. The minimum Gasteiger partial charge on any atom is -0.303 e. The second-order valence-electron chi connectivity index (χ2n) is 3.06. The first-order chi connectivity index (χ1) is 5.41. The topological polar surface area (TPSA) is 32.5 Å². The van der Waals surface area contributed by atoms with E-state index in [-0.39, 0.29) is 13.1 Å². The molecule has 3 nitrogen and oxygen atoms in total. The molecule has 1 aliphatic rings. The van der Waals surface area contributed by atoms with E-state index in [1.54, 1.807) is 11.9 Å². The summed E-state index contributed by atoms with van der Waals surface area (Å²) in [5.74, 6) is 5.21. The maximum absolute atomic E-state index is 12.2. The molecule has 2 N–H and O–H groups in total. The monoisotopic (exact) mass is 183 g/mol. The van der Waals surface area contributed by atoms with Crippen LogP contribution in [0.4, 0.5) is 13.2 Å². The van der Waals surface area contributed by atoms with E-state index in [1.165, 1.54) is 0 Å². The van der Waals surface area contributed by atoms with E-state index in [2.05, 4.69) is 0 Å². The number of piperazine rings is 1. The summed E-state index contributed by atoms with van der Waals surface area (Å²) in [6, 6.07) is -1.52. The van der Waals surface area contributed by atoms with Crippen molar-refractivity contribution in [2.75, 3.05) is 26.7 Å². The highest BCUT2D eigenvalue weighted by Gasteiger charge is 2.44. The van der Waals surface area contributed by atoms with Crippen LogP contribution in [0.3, 0.4) is 0 Å². The summed E-state index contributed by atoms with van der Waals surface area (Å²) in [6.45, 7) is 0.809. The van der Waals surface area contributed by atoms with Gasteiger partial charge in [0.25, 0.3) is 0 Å². The second-order valence-corrected chi connectivity index (χ2v) is 3.06. The predicted molar refractivity (Wildman–Crippen MR) is 38.2 cm³/mol. The highest BCUT2D eigenvalue weighted by atomic mass is 19.4. The van der Waals surface area contributed by atoms with E-state index in [0.717, 1.165) is 5.01 Å². The third kappa shape index (κ3) is 2.09. The first-order valence-corrected chi connectivity index (χ1v) is 3.68. The Labute approximate surface area is 68.9 Å². The van der Waals surface area contributed by atoms with Gasteiger partial charge in [-0.05, 0) is 7.05 Å². The number of hydrogen-bond acceptors (Lipinski definition) is 3. The fourth-order valence-corrected chi connectivity index (χ4v) is 1.22. The predicted octanol–water partition coefficient (Wildman–Crippen LogP) is 0.0384. The number of hydrogen-bond donors (Lipinski definition) is 1. The van der Waals surface area contributed by atoms with Crippen LogP contribution in [0.5, 0.6) is 0 Å². The summed E-state index contributed by atoms with van der Waals surface area (Å²) >= 11 is 0. The lowest BCUT2D eigenvalue weighted by molar-refractivity contribution is -0.196. The van der Waals surface area contributed by atoms with E-state index in [0.29, 0.717) is 6.54 Å². The van der Waals surface area contributed by atoms with Crippen molar-refractivity contribution >= 4 is 0 Å². The molecule has 1 fully saturated rings. The molecule has 0 bridgehead atoms. The SMILES string of the molecule is CN1CCN(N)C(C(F)(F)F)C1. The summed E-state index contributed by atoms with van der Waals surface area (Å²) < 4.78 is 36.7. The number of hydrazine groups is 1. The summed E-state index contributed by atoms with van der Waals surface area (Å²) in [6.07, 6.45) is -4.22. The van der Waals surface area contributed by atoms with Crippen LogP contribution in [0.25, 0.3) is 0 Å². The molecule has 72 valence electrons. The van der Waals surface area contributed by atoms with Gasteiger partial charge in [-0.2, -0.15) is 13.2 Å². The Hall–Kier alpha value is -0.330. The van der Waals surface area contributed by atoms with Gasteiger partial charge in [0, 0.05) is 19.6 Å². The van der Waals surface area contributed by atoms with Crippen LogP contribution in [-0.4, -0.2) is 48.8 Å². The number of rotatable bonds is 0. The molecule has 6 heteroatoms. The standard InChI is InChI=1S/C6H12F3N3/c1-11-2-3-12(10)5(4-11)6(7,8)9/h5H,2-4,10H2,1H3. The molecule has 12 heavy (non-hydrogen) atoms. The van der Waals surface area contributed by atoms with Gasteiger partial charge in [0.2, 0.25) is 0 Å². The Kier molecular flexibility index (Phi) is 2.60. The Morgan fingerprint density at radius 2 is 1.92 bits per heavy atom. The van der Waals surface area contributed by atoms with Crippen molar-refractivity contribution in [3.8, 4) is 0 Å². The van der Waals surface area contributed by atoms with Crippen LogP contribution in [0.2, 0.25) is 0 Å². The van der Waals surface area contributed by atoms with Gasteiger partial charge in [0.1, 0.15) is 6.04 Å². The Morgan fingerprint density at radius 1 is 1.33 bits per heavy atom. The van der Waals surface area contributed by atoms with Gasteiger partial charge in [-0.3, -0.25) is 5.84 Å². The van der Waals surface area contributed by atoms with Crippen LogP contribution in [0.1, 0.15) is 0 Å². The van der Waals surface area contributed by atoms with Crippen molar-refractivity contribution in [1.82, 2.24) is 9.91 Å². The van der Waals surface area contributed by atoms with Crippen molar-refractivity contribution in [2.24, 2.45) is 5.84 Å². The molecule has 0 aromatic heterocycles. The summed E-state index contributed by atoms with van der Waals surface area (Å²) in [5, 5.41) is 0.861. The average Bonchev–Trinajstić information content (AvgIpc) is 1.92. The molecule has 0 aromatic carbocycles. The number of nitrogens with two attached hydrogens (primary N) is 1. The maximum Gasteiger partial charge on any atom is 0.406 e. The highest BCUT2D eigenvalue weighted by molar-refractivity contribution is 4.82. The third-order valence-electron chi connectivity index (χ3n) is 2.00. The van der Waals surface area contributed by atoms with E-state index in [4.69, 9.17) is 5.84 Å². The van der Waals surface area contributed by atoms with Crippen molar-refractivity contribution in [1.29, 1.82) is 0 Å². The number of halogens is 3. The zero-order chi connectivity index (χ0) is 9.35. The summed E-state index contributed by atoms with van der Waals surface area (Å²) in [5.41, 5.74) is 0. The number of likely N-dealkylation sites (N-methyl/N-ethyl adjacent to an activating group) is 1. The van der Waals surface area contributed by atoms with Gasteiger partial charge in [-0.25, -0.2) is 5.01 Å². The van der Waals surface area contributed by atoms with Crippen LogP contribution >= 0.6 is 0 Å². The first kappa shape index (κ1) is 9.76. The Bertz CT molecular complexity index is 159. The molecular weight excluding hydrogens is 171 g/mol. The van der Waals surface area contributed by atoms with Crippen molar-refractivity contribution in [3.05, 3.63) is 0 Å². The lowest BCUT2D eigenvalue weighted by Gasteiger charge is -2.37. The van der Waals surface area contributed by atoms with E-state index in [1.807, 2.05) is 0 Å². The van der Waals surface area contributed by atoms with Crippen molar-refractivity contribution in [3.63, 3.8) is 0 Å². The minimum atomic E-state index is -4.22. The molecule has 1 aliphatic heterocycles. The van der Waals surface area contributed by atoms with Crippen molar-refractivity contribution in [2.45, 2.75) is 12.2 Å². The molecule has 1 saturated heterocycles. The van der Waals surface area contributed by atoms with Crippen LogP contribution < -0.4 is 5.84 Å². The van der Waals surface area contributed by atoms with Gasteiger partial charge in [0.05, 0.1) is 0 Å².